The van der Waals surface area contributed by atoms with Crippen molar-refractivity contribution in [3.8, 4) is 0 Å². The number of primary amides is 1. The molecular formula is C43H57N7O8. The molecule has 7 atom stereocenters. The lowest BCUT2D eigenvalue weighted by Gasteiger charge is -2.29. The van der Waals surface area contributed by atoms with Gasteiger partial charge in [-0.2, -0.15) is 0 Å². The van der Waals surface area contributed by atoms with Crippen LogP contribution >= 0.6 is 0 Å². The van der Waals surface area contributed by atoms with Gasteiger partial charge in [0.05, 0.1) is 12.5 Å². The zero-order chi connectivity index (χ0) is 42.8. The van der Waals surface area contributed by atoms with E-state index >= 15 is 0 Å². The van der Waals surface area contributed by atoms with Gasteiger partial charge >= 0.3 is 5.97 Å². The highest BCUT2D eigenvalue weighted by atomic mass is 16.4. The average Bonchev–Trinajstić information content (AvgIpc) is 3.19. The van der Waals surface area contributed by atoms with Crippen LogP contribution < -0.4 is 38.1 Å². The lowest BCUT2D eigenvalue weighted by molar-refractivity contribution is -0.143. The monoisotopic (exact) mass is 799 g/mol. The maximum Gasteiger partial charge on any atom is 0.326 e. The molecule has 0 radical (unpaired) electrons. The molecule has 58 heavy (non-hydrogen) atoms. The Labute approximate surface area is 339 Å². The van der Waals surface area contributed by atoms with Crippen LogP contribution in [0.25, 0.3) is 0 Å². The van der Waals surface area contributed by atoms with Crippen LogP contribution in [0.3, 0.4) is 0 Å². The minimum Gasteiger partial charge on any atom is -0.480 e. The van der Waals surface area contributed by atoms with Crippen LogP contribution in [0.15, 0.2) is 91.0 Å². The van der Waals surface area contributed by atoms with Crippen molar-refractivity contribution in [3.05, 3.63) is 108 Å². The lowest BCUT2D eigenvalue weighted by Crippen LogP contribution is -2.61. The molecule has 0 aliphatic carbocycles. The molecule has 0 heterocycles. The summed E-state index contributed by atoms with van der Waals surface area (Å²) >= 11 is 0. The van der Waals surface area contributed by atoms with E-state index in [4.69, 9.17) is 11.5 Å². The van der Waals surface area contributed by atoms with Crippen molar-refractivity contribution in [3.63, 3.8) is 0 Å². The second-order valence-electron chi connectivity index (χ2n) is 14.9. The number of hydrogen-bond acceptors (Lipinski definition) is 8. The molecule has 15 heteroatoms. The van der Waals surface area contributed by atoms with Gasteiger partial charge in [-0.25, -0.2) is 4.79 Å². The van der Waals surface area contributed by atoms with Crippen LogP contribution in [-0.2, 0) is 52.8 Å². The molecule has 0 aromatic heterocycles. The number of carbonyl (C=O) groups is 7. The molecule has 10 N–H and O–H groups in total. The molecule has 0 fully saturated rings. The van der Waals surface area contributed by atoms with Crippen molar-refractivity contribution in [1.29, 1.82) is 0 Å². The van der Waals surface area contributed by atoms with Gasteiger partial charge in [0.1, 0.15) is 30.2 Å². The number of nitrogens with two attached hydrogens (primary N) is 2. The predicted octanol–water partition coefficient (Wildman–Crippen LogP) is 1.52. The Morgan fingerprint density at radius 2 is 0.948 bits per heavy atom. The topological polar surface area (TPSA) is 252 Å². The quantitative estimate of drug-likeness (QED) is 0.0692. The molecule has 0 saturated carbocycles. The summed E-state index contributed by atoms with van der Waals surface area (Å²) in [5.41, 5.74) is 13.9. The summed E-state index contributed by atoms with van der Waals surface area (Å²) in [6.07, 6.45) is 0.0989. The number of hydrogen-bond donors (Lipinski definition) is 8. The van der Waals surface area contributed by atoms with Crippen molar-refractivity contribution in [2.75, 3.05) is 0 Å². The largest absolute Gasteiger partial charge is 0.480 e. The third-order valence-electron chi connectivity index (χ3n) is 9.62. The van der Waals surface area contributed by atoms with Crippen LogP contribution in [0.2, 0.25) is 0 Å². The van der Waals surface area contributed by atoms with E-state index in [1.165, 1.54) is 0 Å². The van der Waals surface area contributed by atoms with E-state index in [1.807, 2.05) is 37.3 Å². The molecule has 15 nitrogen and oxygen atoms in total. The van der Waals surface area contributed by atoms with E-state index in [-0.39, 0.29) is 37.5 Å². The van der Waals surface area contributed by atoms with E-state index in [0.29, 0.717) is 17.5 Å². The van der Waals surface area contributed by atoms with Crippen molar-refractivity contribution in [2.24, 2.45) is 23.3 Å². The third kappa shape index (κ3) is 15.4. The summed E-state index contributed by atoms with van der Waals surface area (Å²) in [5, 5.41) is 22.9. The van der Waals surface area contributed by atoms with Crippen LogP contribution in [0.4, 0.5) is 0 Å². The highest BCUT2D eigenvalue weighted by Gasteiger charge is 2.35. The summed E-state index contributed by atoms with van der Waals surface area (Å²) < 4.78 is 0. The molecule has 0 saturated heterocycles. The molecule has 312 valence electrons. The summed E-state index contributed by atoms with van der Waals surface area (Å²) in [6, 6.07) is 19.1. The fraction of sp³-hybridized carbons (Fsp3) is 0.419. The number of carbonyl (C=O) groups excluding carboxylic acids is 6. The van der Waals surface area contributed by atoms with E-state index in [1.54, 1.807) is 81.4 Å². The molecule has 3 aromatic carbocycles. The van der Waals surface area contributed by atoms with Crippen molar-refractivity contribution in [1.82, 2.24) is 26.6 Å². The zero-order valence-corrected chi connectivity index (χ0v) is 33.5. The Hall–Kier alpha value is -6.09. The van der Waals surface area contributed by atoms with Gasteiger partial charge in [-0.05, 0) is 41.4 Å². The Morgan fingerprint density at radius 1 is 0.552 bits per heavy atom. The van der Waals surface area contributed by atoms with Gasteiger partial charge in [-0.3, -0.25) is 28.8 Å². The Bertz CT molecular complexity index is 1830. The van der Waals surface area contributed by atoms with Gasteiger partial charge in [-0.15, -0.1) is 0 Å². The average molecular weight is 800 g/mol. The number of nitrogens with one attached hydrogen (secondary N) is 5. The first-order valence-electron chi connectivity index (χ1n) is 19.5. The molecular weight excluding hydrogens is 743 g/mol. The Morgan fingerprint density at radius 3 is 1.36 bits per heavy atom. The van der Waals surface area contributed by atoms with Gasteiger partial charge in [-0.1, -0.05) is 125 Å². The SMILES string of the molecule is CC[C@H](C)[C@H](NC(=O)[C@@H](N)Cc1ccccc1)C(=O)N[C@@H](Cc1ccccc1)C(=O)N[C@@H](CC(N)=O)C(=O)N[C@@H](Cc1ccccc1)C(=O)N[C@@H](CC(C)C)C(=O)O. The van der Waals surface area contributed by atoms with E-state index < -0.39 is 84.1 Å². The van der Waals surface area contributed by atoms with Gasteiger partial charge in [0.15, 0.2) is 0 Å². The fourth-order valence-electron chi connectivity index (χ4n) is 6.22. The number of rotatable bonds is 23. The second-order valence-corrected chi connectivity index (χ2v) is 14.9. The van der Waals surface area contributed by atoms with Gasteiger partial charge in [0.25, 0.3) is 0 Å². The van der Waals surface area contributed by atoms with E-state index in [0.717, 1.165) is 5.56 Å². The van der Waals surface area contributed by atoms with E-state index in [2.05, 4.69) is 26.6 Å². The van der Waals surface area contributed by atoms with Gasteiger partial charge in [0, 0.05) is 12.8 Å². The fourth-order valence-corrected chi connectivity index (χ4v) is 6.22. The van der Waals surface area contributed by atoms with Crippen LogP contribution in [0.5, 0.6) is 0 Å². The van der Waals surface area contributed by atoms with Crippen molar-refractivity contribution < 1.29 is 38.7 Å². The first-order chi connectivity index (χ1) is 27.6. The predicted molar refractivity (Wildman–Crippen MR) is 218 cm³/mol. The zero-order valence-electron chi connectivity index (χ0n) is 33.5. The summed E-state index contributed by atoms with van der Waals surface area (Å²) in [6.45, 7) is 7.23. The van der Waals surface area contributed by atoms with Crippen LogP contribution in [0, 0.1) is 11.8 Å². The van der Waals surface area contributed by atoms with Crippen LogP contribution in [0.1, 0.15) is 63.6 Å². The van der Waals surface area contributed by atoms with Gasteiger partial charge in [0.2, 0.25) is 35.4 Å². The summed E-state index contributed by atoms with van der Waals surface area (Å²) in [4.78, 5) is 93.1. The normalized spacial score (nSPS) is 14.7. The molecule has 0 unspecified atom stereocenters. The lowest BCUT2D eigenvalue weighted by atomic mass is 9.96. The molecule has 0 aliphatic heterocycles. The van der Waals surface area contributed by atoms with Crippen LogP contribution in [-0.4, -0.2) is 82.8 Å². The second kappa shape index (κ2) is 23.2. The number of carboxylic acids is 1. The Balaban J connectivity index is 1.88. The molecule has 3 aromatic rings. The summed E-state index contributed by atoms with van der Waals surface area (Å²) in [7, 11) is 0. The van der Waals surface area contributed by atoms with Gasteiger partial charge < -0.3 is 43.2 Å². The third-order valence-corrected chi connectivity index (χ3v) is 9.62. The molecule has 0 bridgehead atoms. The maximum atomic E-state index is 14.1. The van der Waals surface area contributed by atoms with Crippen molar-refractivity contribution in [2.45, 2.75) is 102 Å². The van der Waals surface area contributed by atoms with Crippen molar-refractivity contribution >= 4 is 41.4 Å². The highest BCUT2D eigenvalue weighted by Crippen LogP contribution is 2.13. The molecule has 0 spiro atoms. The Kier molecular flexibility index (Phi) is 18.5. The highest BCUT2D eigenvalue weighted by molar-refractivity contribution is 5.98. The molecule has 6 amide bonds. The smallest absolute Gasteiger partial charge is 0.326 e. The van der Waals surface area contributed by atoms with E-state index in [9.17, 15) is 38.7 Å². The first kappa shape index (κ1) is 46.3. The number of amides is 6. The standard InChI is InChI=1S/C43H57N7O8/c1-5-27(4)37(50-38(52)31(44)22-28-15-9-6-10-16-28)42(56)48-33(24-30-19-13-8-14-20-30)39(53)47-34(25-36(45)51)41(55)46-32(23-29-17-11-7-12-18-29)40(54)49-35(43(57)58)21-26(2)3/h6-20,26-27,31-35,37H,5,21-25,44H2,1-4H3,(H2,45,51)(H,46,55)(H,47,53)(H,48,56)(H,49,54)(H,50,52)(H,57,58)/t27-,31-,32-,33-,34-,35-,37-/m0/s1. The number of benzene rings is 3. The maximum absolute atomic E-state index is 14.1. The first-order valence-corrected chi connectivity index (χ1v) is 19.5. The number of aliphatic carboxylic acids is 1. The minimum atomic E-state index is -1.60. The summed E-state index contributed by atoms with van der Waals surface area (Å²) in [5.74, 6) is -6.45. The molecule has 3 rings (SSSR count). The minimum absolute atomic E-state index is 0.0382. The number of carboxylic acid groups (broad SMARTS) is 1. The molecule has 0 aliphatic rings.